The van der Waals surface area contributed by atoms with E-state index in [2.05, 4.69) is 11.9 Å². The van der Waals surface area contributed by atoms with Crippen LogP contribution in [0.1, 0.15) is 30.3 Å². The van der Waals surface area contributed by atoms with Gasteiger partial charge in [-0.2, -0.15) is 0 Å². The minimum atomic E-state index is -0.477. The number of carbonyl (C=O) groups excluding carboxylic acids is 1. The van der Waals surface area contributed by atoms with Crippen LogP contribution in [0.25, 0.3) is 10.9 Å². The van der Waals surface area contributed by atoms with Gasteiger partial charge in [-0.1, -0.05) is 13.3 Å². The van der Waals surface area contributed by atoms with Gasteiger partial charge in [0.15, 0.2) is 0 Å². The van der Waals surface area contributed by atoms with Crippen molar-refractivity contribution in [3.05, 3.63) is 30.0 Å². The molecule has 4 heteroatoms. The molecular formula is C13H14ClNO2. The van der Waals surface area contributed by atoms with Crippen LogP contribution in [0.2, 0.25) is 0 Å². The summed E-state index contributed by atoms with van der Waals surface area (Å²) in [7, 11) is 0. The van der Waals surface area contributed by atoms with Crippen molar-refractivity contribution in [2.75, 3.05) is 6.61 Å². The first kappa shape index (κ1) is 12.0. The van der Waals surface area contributed by atoms with E-state index in [0.29, 0.717) is 12.3 Å². The number of fused-ring (bicyclic) bond motifs is 1. The lowest BCUT2D eigenvalue weighted by atomic mass is 10.2. The second kappa shape index (κ2) is 5.23. The van der Waals surface area contributed by atoms with Gasteiger partial charge in [-0.15, -0.1) is 0 Å². The Morgan fingerprint density at radius 2 is 2.24 bits per heavy atom. The third-order valence-electron chi connectivity index (χ3n) is 2.57. The highest BCUT2D eigenvalue weighted by molar-refractivity contribution is 6.67. The molecule has 3 nitrogen and oxygen atoms in total. The van der Waals surface area contributed by atoms with E-state index in [1.54, 1.807) is 6.07 Å². The van der Waals surface area contributed by atoms with E-state index in [-0.39, 0.29) is 0 Å². The molecule has 2 aromatic rings. The summed E-state index contributed by atoms with van der Waals surface area (Å²) in [5, 5.41) is 0.478. The van der Waals surface area contributed by atoms with Crippen LogP contribution < -0.4 is 4.74 Å². The van der Waals surface area contributed by atoms with Crippen LogP contribution in [0.3, 0.4) is 0 Å². The number of nitrogens with one attached hydrogen (secondary N) is 1. The quantitative estimate of drug-likeness (QED) is 0.650. The first-order chi connectivity index (χ1) is 8.20. The Kier molecular flexibility index (Phi) is 3.69. The highest BCUT2D eigenvalue weighted by atomic mass is 35.5. The van der Waals surface area contributed by atoms with Gasteiger partial charge >= 0.3 is 0 Å². The van der Waals surface area contributed by atoms with E-state index in [4.69, 9.17) is 16.3 Å². The lowest BCUT2D eigenvalue weighted by Gasteiger charge is -2.04. The first-order valence-electron chi connectivity index (χ1n) is 5.66. The Balaban J connectivity index is 2.21. The standard InChI is InChI=1S/C13H14ClNO2/c1-2-3-6-17-10-5-4-9-7-12(13(14)16)15-11(9)8-10/h4-5,7-8,15H,2-3,6H2,1H3. The van der Waals surface area contributed by atoms with Crippen molar-refractivity contribution in [3.8, 4) is 5.75 Å². The van der Waals surface area contributed by atoms with Crippen LogP contribution in [-0.4, -0.2) is 16.8 Å². The first-order valence-corrected chi connectivity index (χ1v) is 6.04. The molecule has 0 aliphatic rings. The molecule has 0 saturated heterocycles. The fraction of sp³-hybridized carbons (Fsp3) is 0.308. The van der Waals surface area contributed by atoms with E-state index in [9.17, 15) is 4.79 Å². The summed E-state index contributed by atoms with van der Waals surface area (Å²) in [6.07, 6.45) is 2.14. The molecule has 1 heterocycles. The minimum Gasteiger partial charge on any atom is -0.494 e. The molecule has 0 bridgehead atoms. The molecule has 0 fully saturated rings. The average Bonchev–Trinajstić information content (AvgIpc) is 2.72. The number of hydrogen-bond donors (Lipinski definition) is 1. The number of aromatic amines is 1. The molecule has 90 valence electrons. The van der Waals surface area contributed by atoms with Crippen LogP contribution in [0, 0.1) is 0 Å². The lowest BCUT2D eigenvalue weighted by Crippen LogP contribution is -1.95. The number of carbonyl (C=O) groups is 1. The van der Waals surface area contributed by atoms with Crippen molar-refractivity contribution in [1.82, 2.24) is 4.98 Å². The van der Waals surface area contributed by atoms with E-state index in [0.717, 1.165) is 29.5 Å². The maximum absolute atomic E-state index is 11.0. The predicted molar refractivity (Wildman–Crippen MR) is 68.9 cm³/mol. The zero-order valence-corrected chi connectivity index (χ0v) is 10.4. The fourth-order valence-electron chi connectivity index (χ4n) is 1.64. The van der Waals surface area contributed by atoms with Crippen molar-refractivity contribution in [2.45, 2.75) is 19.8 Å². The molecule has 2 rings (SSSR count). The van der Waals surface area contributed by atoms with Crippen molar-refractivity contribution >= 4 is 27.7 Å². The number of aromatic nitrogens is 1. The molecule has 0 aliphatic heterocycles. The molecule has 0 radical (unpaired) electrons. The molecule has 17 heavy (non-hydrogen) atoms. The number of rotatable bonds is 5. The largest absolute Gasteiger partial charge is 0.494 e. The summed E-state index contributed by atoms with van der Waals surface area (Å²) < 4.78 is 5.59. The number of halogens is 1. The molecule has 1 aromatic carbocycles. The zero-order valence-electron chi connectivity index (χ0n) is 9.63. The van der Waals surface area contributed by atoms with Crippen LogP contribution in [0.4, 0.5) is 0 Å². The molecule has 0 unspecified atom stereocenters. The molecular weight excluding hydrogens is 238 g/mol. The highest BCUT2D eigenvalue weighted by Crippen LogP contribution is 2.22. The number of ether oxygens (including phenoxy) is 1. The van der Waals surface area contributed by atoms with Gasteiger partial charge in [0.25, 0.3) is 5.24 Å². The summed E-state index contributed by atoms with van der Waals surface area (Å²) in [6.45, 7) is 2.83. The van der Waals surface area contributed by atoms with Crippen molar-refractivity contribution in [2.24, 2.45) is 0 Å². The molecule has 0 saturated carbocycles. The van der Waals surface area contributed by atoms with Crippen LogP contribution >= 0.6 is 11.6 Å². The number of benzene rings is 1. The van der Waals surface area contributed by atoms with Gasteiger partial charge in [0.1, 0.15) is 5.75 Å². The van der Waals surface area contributed by atoms with Gasteiger partial charge < -0.3 is 9.72 Å². The summed E-state index contributed by atoms with van der Waals surface area (Å²) in [4.78, 5) is 14.0. The van der Waals surface area contributed by atoms with Crippen molar-refractivity contribution in [3.63, 3.8) is 0 Å². The number of H-pyrrole nitrogens is 1. The Bertz CT molecular complexity index is 533. The minimum absolute atomic E-state index is 0.410. The lowest BCUT2D eigenvalue weighted by molar-refractivity contribution is 0.107. The third kappa shape index (κ3) is 2.80. The van der Waals surface area contributed by atoms with E-state index in [1.165, 1.54) is 0 Å². The van der Waals surface area contributed by atoms with Crippen molar-refractivity contribution in [1.29, 1.82) is 0 Å². The Morgan fingerprint density at radius 1 is 1.41 bits per heavy atom. The number of hydrogen-bond acceptors (Lipinski definition) is 2. The molecule has 1 aromatic heterocycles. The predicted octanol–water partition coefficient (Wildman–Crippen LogP) is 3.73. The smallest absolute Gasteiger partial charge is 0.268 e. The van der Waals surface area contributed by atoms with E-state index >= 15 is 0 Å². The normalized spacial score (nSPS) is 10.7. The molecule has 1 N–H and O–H groups in total. The van der Waals surface area contributed by atoms with Crippen LogP contribution in [0.15, 0.2) is 24.3 Å². The summed E-state index contributed by atoms with van der Waals surface area (Å²) in [5.74, 6) is 0.807. The third-order valence-corrected chi connectivity index (χ3v) is 2.78. The van der Waals surface area contributed by atoms with Crippen molar-refractivity contribution < 1.29 is 9.53 Å². The van der Waals surface area contributed by atoms with Gasteiger partial charge in [-0.3, -0.25) is 4.79 Å². The average molecular weight is 252 g/mol. The maximum atomic E-state index is 11.0. The second-order valence-corrected chi connectivity index (χ2v) is 4.25. The van der Waals surface area contributed by atoms with Gasteiger partial charge in [0, 0.05) is 17.0 Å². The molecule has 0 aliphatic carbocycles. The van der Waals surface area contributed by atoms with E-state index in [1.807, 2.05) is 18.2 Å². The van der Waals surface area contributed by atoms with Gasteiger partial charge in [0.05, 0.1) is 12.3 Å². The van der Waals surface area contributed by atoms with Crippen LogP contribution in [0.5, 0.6) is 5.75 Å². The summed E-state index contributed by atoms with van der Waals surface area (Å²) >= 11 is 5.42. The fourth-order valence-corrected chi connectivity index (χ4v) is 1.74. The highest BCUT2D eigenvalue weighted by Gasteiger charge is 2.07. The Morgan fingerprint density at radius 3 is 2.94 bits per heavy atom. The Hall–Kier alpha value is -1.48. The maximum Gasteiger partial charge on any atom is 0.268 e. The summed E-state index contributed by atoms with van der Waals surface area (Å²) in [5.41, 5.74) is 1.27. The van der Waals surface area contributed by atoms with Gasteiger partial charge in [-0.25, -0.2) is 0 Å². The second-order valence-electron chi connectivity index (χ2n) is 3.91. The van der Waals surface area contributed by atoms with Gasteiger partial charge in [-0.05, 0) is 36.2 Å². The Labute approximate surface area is 105 Å². The number of unbranched alkanes of at least 4 members (excludes halogenated alkanes) is 1. The van der Waals surface area contributed by atoms with E-state index < -0.39 is 5.24 Å². The van der Waals surface area contributed by atoms with Gasteiger partial charge in [0.2, 0.25) is 0 Å². The molecule has 0 spiro atoms. The summed E-state index contributed by atoms with van der Waals surface area (Å²) in [6, 6.07) is 7.43. The topological polar surface area (TPSA) is 42.1 Å². The molecule has 0 atom stereocenters. The molecule has 0 amide bonds. The SMILES string of the molecule is CCCCOc1ccc2cc(C(=O)Cl)[nH]c2c1. The monoisotopic (exact) mass is 251 g/mol. The van der Waals surface area contributed by atoms with Crippen LogP contribution in [-0.2, 0) is 0 Å². The zero-order chi connectivity index (χ0) is 12.3.